The number of ether oxygens (including phenoxy) is 2. The smallest absolute Gasteiger partial charge is 0.338 e. The minimum absolute atomic E-state index is 0.283. The maximum atomic E-state index is 12.6. The number of carbonyl (C=O) groups is 1. The number of fused-ring (bicyclic) bond motifs is 1. The molecule has 0 radical (unpaired) electrons. The van der Waals surface area contributed by atoms with Crippen LogP contribution in [0.25, 0.3) is 22.8 Å². The van der Waals surface area contributed by atoms with Crippen molar-refractivity contribution in [1.29, 1.82) is 0 Å². The third kappa shape index (κ3) is 15.3. The quantitative estimate of drug-likeness (QED) is 0.0663. The minimum atomic E-state index is -0.283. The van der Waals surface area contributed by atoms with Gasteiger partial charge in [0.05, 0.1) is 30.2 Å². The van der Waals surface area contributed by atoms with E-state index in [2.05, 4.69) is 13.8 Å². The lowest BCUT2D eigenvalue weighted by Gasteiger charge is -2.06. The van der Waals surface area contributed by atoms with Crippen LogP contribution < -0.4 is 4.74 Å². The van der Waals surface area contributed by atoms with Crippen LogP contribution in [-0.4, -0.2) is 29.2 Å². The van der Waals surface area contributed by atoms with Gasteiger partial charge in [-0.2, -0.15) is 0 Å². The highest BCUT2D eigenvalue weighted by Gasteiger charge is 2.13. The molecular formula is C40H60N2O3. The lowest BCUT2D eigenvalue weighted by Crippen LogP contribution is -2.05. The van der Waals surface area contributed by atoms with Crippen LogP contribution in [0, 0.1) is 0 Å². The van der Waals surface area contributed by atoms with E-state index in [9.17, 15) is 4.79 Å². The van der Waals surface area contributed by atoms with Crippen LogP contribution in [0.2, 0.25) is 0 Å². The molecule has 0 N–H and O–H groups in total. The van der Waals surface area contributed by atoms with E-state index in [-0.39, 0.29) is 5.97 Å². The number of unbranched alkanes of at least 4 members (excludes halogenated alkanes) is 19. The zero-order chi connectivity index (χ0) is 31.8. The Morgan fingerprint density at radius 2 is 0.933 bits per heavy atom. The molecule has 0 saturated heterocycles. The number of imidazole rings is 1. The third-order valence-corrected chi connectivity index (χ3v) is 8.65. The summed E-state index contributed by atoms with van der Waals surface area (Å²) < 4.78 is 11.5. The van der Waals surface area contributed by atoms with Gasteiger partial charge in [-0.1, -0.05) is 136 Å². The first-order chi connectivity index (χ1) is 22.2. The standard InChI is InChI=1S/C40H60N2O3/c1-3-5-7-9-11-13-14-15-16-17-19-21-23-33-45-40(43)35-26-30-37-38(31-27-35)42-39(41-37)34-24-28-36(29-25-34)44-32-22-20-18-12-10-8-6-4-2/h24-31H,3-23,32-33H2,1-2H3. The zero-order valence-electron chi connectivity index (χ0n) is 28.5. The fraction of sp³-hybridized carbons (Fsp3) is 0.625. The van der Waals surface area contributed by atoms with Crippen molar-refractivity contribution in [3.05, 3.63) is 54.1 Å². The molecule has 5 nitrogen and oxygen atoms in total. The molecule has 0 spiro atoms. The predicted octanol–water partition coefficient (Wildman–Crippen LogP) is 12.0. The Kier molecular flexibility index (Phi) is 19.0. The normalized spacial score (nSPS) is 11.2. The van der Waals surface area contributed by atoms with Crippen LogP contribution >= 0.6 is 0 Å². The van der Waals surface area contributed by atoms with Crippen LogP contribution in [0.3, 0.4) is 0 Å². The van der Waals surface area contributed by atoms with E-state index in [1.807, 2.05) is 36.4 Å². The summed E-state index contributed by atoms with van der Waals surface area (Å²) in [5.41, 5.74) is 3.00. The Labute approximate surface area is 274 Å². The largest absolute Gasteiger partial charge is 0.494 e. The summed E-state index contributed by atoms with van der Waals surface area (Å²) in [6.07, 6.45) is 27.3. The van der Waals surface area contributed by atoms with Crippen molar-refractivity contribution >= 4 is 5.97 Å². The molecule has 0 unspecified atom stereocenters. The maximum Gasteiger partial charge on any atom is 0.338 e. The van der Waals surface area contributed by atoms with Crippen LogP contribution in [0.5, 0.6) is 5.75 Å². The number of rotatable bonds is 26. The van der Waals surface area contributed by atoms with Gasteiger partial charge in [-0.05, 0) is 61.4 Å². The van der Waals surface area contributed by atoms with Gasteiger partial charge in [0.2, 0.25) is 0 Å². The summed E-state index contributed by atoms with van der Waals surface area (Å²) in [6.45, 7) is 5.76. The van der Waals surface area contributed by atoms with E-state index in [4.69, 9.17) is 19.4 Å². The zero-order valence-corrected chi connectivity index (χ0v) is 28.5. The first-order valence-electron chi connectivity index (χ1n) is 18.4. The summed E-state index contributed by atoms with van der Waals surface area (Å²) in [5, 5.41) is 0. The van der Waals surface area contributed by atoms with Crippen LogP contribution in [0.1, 0.15) is 159 Å². The average Bonchev–Trinajstić information content (AvgIpc) is 3.36. The fourth-order valence-electron chi connectivity index (χ4n) is 5.77. The molecule has 0 aromatic heterocycles. The summed E-state index contributed by atoms with van der Waals surface area (Å²) in [7, 11) is 0. The SMILES string of the molecule is CCCCCCCCCCCCCCCOC(=O)c1ccc2nc(-c3ccc(OCCCCCCCCCC)cc3)nc-2cc1. The molecule has 3 rings (SSSR count). The molecule has 0 saturated carbocycles. The van der Waals surface area contributed by atoms with Crippen molar-refractivity contribution in [2.24, 2.45) is 0 Å². The van der Waals surface area contributed by atoms with Crippen molar-refractivity contribution < 1.29 is 14.3 Å². The Hall–Kier alpha value is -2.95. The number of esters is 1. The topological polar surface area (TPSA) is 61.3 Å². The molecular weight excluding hydrogens is 556 g/mol. The van der Waals surface area contributed by atoms with Crippen LogP contribution in [0.4, 0.5) is 0 Å². The number of hydrogen-bond donors (Lipinski definition) is 0. The second kappa shape index (κ2) is 23.4. The van der Waals surface area contributed by atoms with E-state index in [0.29, 0.717) is 18.0 Å². The van der Waals surface area contributed by atoms with Gasteiger partial charge in [-0.15, -0.1) is 0 Å². The lowest BCUT2D eigenvalue weighted by atomic mass is 10.0. The molecule has 1 aromatic carbocycles. The van der Waals surface area contributed by atoms with Crippen LogP contribution in [-0.2, 0) is 4.74 Å². The first kappa shape index (κ1) is 36.5. The van der Waals surface area contributed by atoms with Crippen molar-refractivity contribution in [2.75, 3.05) is 13.2 Å². The molecule has 1 aliphatic carbocycles. The third-order valence-electron chi connectivity index (χ3n) is 8.65. The average molecular weight is 617 g/mol. The highest BCUT2D eigenvalue weighted by atomic mass is 16.5. The van der Waals surface area contributed by atoms with E-state index in [1.165, 1.54) is 116 Å². The van der Waals surface area contributed by atoms with Gasteiger partial charge in [-0.25, -0.2) is 14.8 Å². The van der Waals surface area contributed by atoms with Gasteiger partial charge in [-0.3, -0.25) is 0 Å². The number of nitrogens with zero attached hydrogens (tertiary/aromatic N) is 2. The summed E-state index contributed by atoms with van der Waals surface area (Å²) >= 11 is 0. The lowest BCUT2D eigenvalue weighted by molar-refractivity contribution is 0.0498. The summed E-state index contributed by atoms with van der Waals surface area (Å²) in [4.78, 5) is 22.1. The van der Waals surface area contributed by atoms with E-state index >= 15 is 0 Å². The number of carbonyl (C=O) groups excluding carboxylic acids is 1. The predicted molar refractivity (Wildman–Crippen MR) is 188 cm³/mol. The van der Waals surface area contributed by atoms with Crippen molar-refractivity contribution in [3.63, 3.8) is 0 Å². The number of aromatic nitrogens is 2. The number of hydrogen-bond acceptors (Lipinski definition) is 5. The Bertz CT molecular complexity index is 1110. The Morgan fingerprint density at radius 3 is 1.40 bits per heavy atom. The van der Waals surface area contributed by atoms with Gasteiger partial charge in [0.15, 0.2) is 5.82 Å². The van der Waals surface area contributed by atoms with E-state index < -0.39 is 0 Å². The molecule has 1 heterocycles. The van der Waals surface area contributed by atoms with E-state index in [1.54, 1.807) is 12.1 Å². The molecule has 45 heavy (non-hydrogen) atoms. The molecule has 0 atom stereocenters. The van der Waals surface area contributed by atoms with Gasteiger partial charge in [0, 0.05) is 5.56 Å². The molecule has 248 valence electrons. The number of benzene rings is 1. The highest BCUT2D eigenvalue weighted by Crippen LogP contribution is 2.26. The van der Waals surface area contributed by atoms with Gasteiger partial charge >= 0.3 is 5.97 Å². The molecule has 5 heteroatoms. The van der Waals surface area contributed by atoms with Crippen molar-refractivity contribution in [1.82, 2.24) is 9.97 Å². The Balaban J connectivity index is 1.29. The molecule has 1 aliphatic heterocycles. The monoisotopic (exact) mass is 616 g/mol. The molecule has 0 amide bonds. The maximum absolute atomic E-state index is 12.6. The van der Waals surface area contributed by atoms with Crippen LogP contribution in [0.15, 0.2) is 48.5 Å². The van der Waals surface area contributed by atoms with Gasteiger partial charge in [0.25, 0.3) is 0 Å². The molecule has 1 aromatic rings. The first-order valence-corrected chi connectivity index (χ1v) is 18.4. The second-order valence-electron chi connectivity index (χ2n) is 12.7. The van der Waals surface area contributed by atoms with Crippen molar-refractivity contribution in [2.45, 2.75) is 149 Å². The minimum Gasteiger partial charge on any atom is -0.494 e. The Morgan fingerprint density at radius 1 is 0.511 bits per heavy atom. The summed E-state index contributed by atoms with van der Waals surface area (Å²) in [6, 6.07) is 15.3. The summed E-state index contributed by atoms with van der Waals surface area (Å²) in [5.74, 6) is 1.28. The molecule has 0 bridgehead atoms. The molecule has 0 fully saturated rings. The van der Waals surface area contributed by atoms with Gasteiger partial charge < -0.3 is 9.47 Å². The molecule has 2 aliphatic rings. The van der Waals surface area contributed by atoms with Gasteiger partial charge in [0.1, 0.15) is 5.75 Å². The van der Waals surface area contributed by atoms with E-state index in [0.717, 1.165) is 48.6 Å². The fourth-order valence-corrected chi connectivity index (χ4v) is 5.77. The van der Waals surface area contributed by atoms with Crippen molar-refractivity contribution in [3.8, 4) is 28.5 Å². The second-order valence-corrected chi connectivity index (χ2v) is 12.7. The highest BCUT2D eigenvalue weighted by molar-refractivity contribution is 5.89.